The lowest BCUT2D eigenvalue weighted by molar-refractivity contribution is 0.102. The number of hydrogen-bond donors (Lipinski definition) is 1. The first-order chi connectivity index (χ1) is 11.8. The van der Waals surface area contributed by atoms with Crippen LogP contribution in [0, 0.1) is 0 Å². The number of rotatable bonds is 7. The summed E-state index contributed by atoms with van der Waals surface area (Å²) in [4.78, 5) is 12.6. The summed E-state index contributed by atoms with van der Waals surface area (Å²) < 4.78 is 28.0. The van der Waals surface area contributed by atoms with Crippen LogP contribution in [0.2, 0.25) is 0 Å². The average Bonchev–Trinajstić information content (AvgIpc) is 3.04. The summed E-state index contributed by atoms with van der Waals surface area (Å²) >= 11 is 0. The monoisotopic (exact) mass is 364 g/mol. The van der Waals surface area contributed by atoms with Crippen molar-refractivity contribution in [1.82, 2.24) is 14.1 Å². The van der Waals surface area contributed by atoms with Crippen LogP contribution in [-0.2, 0) is 10.0 Å². The second kappa shape index (κ2) is 7.79. The van der Waals surface area contributed by atoms with E-state index in [1.54, 1.807) is 30.8 Å². The van der Waals surface area contributed by atoms with Crippen LogP contribution >= 0.6 is 0 Å². The zero-order chi connectivity index (χ0) is 18.6. The predicted octanol–water partition coefficient (Wildman–Crippen LogP) is 2.75. The summed E-state index contributed by atoms with van der Waals surface area (Å²) in [6.45, 7) is 8.33. The van der Waals surface area contributed by atoms with Gasteiger partial charge >= 0.3 is 0 Å². The molecule has 0 radical (unpaired) electrons. The Morgan fingerprint density at radius 3 is 2.28 bits per heavy atom. The number of nitrogens with zero attached hydrogens (tertiary/aromatic N) is 3. The maximum atomic E-state index is 12.5. The largest absolute Gasteiger partial charge is 0.307 e. The molecule has 1 aromatic heterocycles. The number of amides is 1. The number of carbonyl (C=O) groups excluding carboxylic acids is 1. The van der Waals surface area contributed by atoms with E-state index in [0.717, 1.165) is 0 Å². The van der Waals surface area contributed by atoms with Gasteiger partial charge in [0.2, 0.25) is 10.0 Å². The van der Waals surface area contributed by atoms with Crippen molar-refractivity contribution in [3.8, 4) is 0 Å². The molecular formula is C17H24N4O3S. The van der Waals surface area contributed by atoms with E-state index in [9.17, 15) is 13.2 Å². The Labute approximate surface area is 148 Å². The van der Waals surface area contributed by atoms with E-state index < -0.39 is 10.0 Å². The first-order valence-electron chi connectivity index (χ1n) is 8.26. The van der Waals surface area contributed by atoms with Gasteiger partial charge in [-0.2, -0.15) is 9.40 Å². The third-order valence-electron chi connectivity index (χ3n) is 3.86. The fourth-order valence-corrected chi connectivity index (χ4v) is 3.96. The lowest BCUT2D eigenvalue weighted by Crippen LogP contribution is -2.30. The predicted molar refractivity (Wildman–Crippen MR) is 97.1 cm³/mol. The Morgan fingerprint density at radius 2 is 1.76 bits per heavy atom. The minimum absolute atomic E-state index is 0.117. The van der Waals surface area contributed by atoms with Gasteiger partial charge in [-0.1, -0.05) is 13.8 Å². The fourth-order valence-electron chi connectivity index (χ4n) is 2.50. The maximum absolute atomic E-state index is 12.5. The normalized spacial score (nSPS) is 11.9. The highest BCUT2D eigenvalue weighted by atomic mass is 32.2. The van der Waals surface area contributed by atoms with Crippen molar-refractivity contribution in [1.29, 1.82) is 0 Å². The van der Waals surface area contributed by atoms with Crippen molar-refractivity contribution >= 4 is 21.7 Å². The van der Waals surface area contributed by atoms with Gasteiger partial charge < -0.3 is 5.32 Å². The number of anilines is 1. The molecule has 1 amide bonds. The summed E-state index contributed by atoms with van der Waals surface area (Å²) in [5.41, 5.74) is 0.384. The fraction of sp³-hybridized carbons (Fsp3) is 0.412. The Morgan fingerprint density at radius 1 is 1.16 bits per heavy atom. The number of carbonyl (C=O) groups is 1. The van der Waals surface area contributed by atoms with Crippen molar-refractivity contribution in [3.05, 3.63) is 42.1 Å². The standard InChI is InChI=1S/C17H24N4O3S/c1-5-20(6-2)25(23,24)15-9-7-14(8-10-15)17(22)19-16-11-12-18-21(16)13(3)4/h7-13H,5-6H2,1-4H3,(H,19,22). The molecule has 8 heteroatoms. The first-order valence-corrected chi connectivity index (χ1v) is 9.70. The van der Waals surface area contributed by atoms with E-state index in [2.05, 4.69) is 10.4 Å². The lowest BCUT2D eigenvalue weighted by atomic mass is 10.2. The molecule has 0 saturated carbocycles. The highest BCUT2D eigenvalue weighted by Crippen LogP contribution is 2.18. The van der Waals surface area contributed by atoms with E-state index in [4.69, 9.17) is 0 Å². The Bertz CT molecular complexity index is 822. The van der Waals surface area contributed by atoms with Gasteiger partial charge in [-0.15, -0.1) is 0 Å². The van der Waals surface area contributed by atoms with Crippen LogP contribution in [0.15, 0.2) is 41.4 Å². The van der Waals surface area contributed by atoms with Gasteiger partial charge in [0.05, 0.1) is 11.1 Å². The zero-order valence-electron chi connectivity index (χ0n) is 14.9. The van der Waals surface area contributed by atoms with E-state index in [1.165, 1.54) is 28.6 Å². The number of aromatic nitrogens is 2. The summed E-state index contributed by atoms with van der Waals surface area (Å²) in [5, 5.41) is 6.96. The van der Waals surface area contributed by atoms with Crippen LogP contribution in [0.25, 0.3) is 0 Å². The van der Waals surface area contributed by atoms with Crippen molar-refractivity contribution in [2.24, 2.45) is 0 Å². The van der Waals surface area contributed by atoms with Gasteiger partial charge in [0.25, 0.3) is 5.91 Å². The van der Waals surface area contributed by atoms with Gasteiger partial charge in [0, 0.05) is 30.8 Å². The molecule has 0 unspecified atom stereocenters. The van der Waals surface area contributed by atoms with Crippen LogP contribution in [0.1, 0.15) is 44.1 Å². The molecule has 0 fully saturated rings. The molecule has 0 aliphatic carbocycles. The summed E-state index contributed by atoms with van der Waals surface area (Å²) in [5.74, 6) is 0.286. The molecule has 1 heterocycles. The third-order valence-corrected chi connectivity index (χ3v) is 5.92. The molecule has 136 valence electrons. The van der Waals surface area contributed by atoms with E-state index in [-0.39, 0.29) is 16.8 Å². The highest BCUT2D eigenvalue weighted by molar-refractivity contribution is 7.89. The molecule has 0 aliphatic rings. The van der Waals surface area contributed by atoms with Crippen LogP contribution in [0.3, 0.4) is 0 Å². The average molecular weight is 364 g/mol. The third kappa shape index (κ3) is 4.08. The smallest absolute Gasteiger partial charge is 0.256 e. The maximum Gasteiger partial charge on any atom is 0.256 e. The van der Waals surface area contributed by atoms with Crippen LogP contribution in [-0.4, -0.2) is 41.5 Å². The number of sulfonamides is 1. The molecule has 0 spiro atoms. The van der Waals surface area contributed by atoms with E-state index >= 15 is 0 Å². The zero-order valence-corrected chi connectivity index (χ0v) is 15.7. The van der Waals surface area contributed by atoms with Crippen molar-refractivity contribution < 1.29 is 13.2 Å². The number of hydrogen-bond acceptors (Lipinski definition) is 4. The van der Waals surface area contributed by atoms with Gasteiger partial charge in [-0.3, -0.25) is 4.79 Å². The quantitative estimate of drug-likeness (QED) is 0.819. The topological polar surface area (TPSA) is 84.3 Å². The molecule has 7 nitrogen and oxygen atoms in total. The van der Waals surface area contributed by atoms with Gasteiger partial charge in [0.1, 0.15) is 5.82 Å². The number of nitrogens with one attached hydrogen (secondary N) is 1. The highest BCUT2D eigenvalue weighted by Gasteiger charge is 2.21. The minimum Gasteiger partial charge on any atom is -0.307 e. The molecule has 0 saturated heterocycles. The first kappa shape index (κ1) is 19.1. The van der Waals surface area contributed by atoms with Crippen molar-refractivity contribution in [2.75, 3.05) is 18.4 Å². The molecule has 2 rings (SSSR count). The molecule has 1 aromatic carbocycles. The summed E-state index contributed by atoms with van der Waals surface area (Å²) in [6.07, 6.45) is 1.62. The Kier molecular flexibility index (Phi) is 5.97. The molecule has 1 N–H and O–H groups in total. The molecule has 0 bridgehead atoms. The molecular weight excluding hydrogens is 340 g/mol. The summed E-state index contributed by atoms with van der Waals surface area (Å²) in [7, 11) is -3.52. The summed E-state index contributed by atoms with van der Waals surface area (Å²) in [6, 6.07) is 7.79. The number of benzene rings is 1. The van der Waals surface area contributed by atoms with E-state index in [0.29, 0.717) is 24.5 Å². The van der Waals surface area contributed by atoms with Crippen molar-refractivity contribution in [3.63, 3.8) is 0 Å². The molecule has 2 aromatic rings. The van der Waals surface area contributed by atoms with Gasteiger partial charge in [-0.05, 0) is 38.1 Å². The lowest BCUT2D eigenvalue weighted by Gasteiger charge is -2.18. The minimum atomic E-state index is -3.52. The molecule has 0 aliphatic heterocycles. The molecule has 0 atom stereocenters. The van der Waals surface area contributed by atoms with Gasteiger partial charge in [0.15, 0.2) is 0 Å². The second-order valence-electron chi connectivity index (χ2n) is 5.82. The van der Waals surface area contributed by atoms with E-state index in [1.807, 2.05) is 13.8 Å². The molecule has 25 heavy (non-hydrogen) atoms. The Hall–Kier alpha value is -2.19. The van der Waals surface area contributed by atoms with Crippen LogP contribution in [0.5, 0.6) is 0 Å². The van der Waals surface area contributed by atoms with Gasteiger partial charge in [-0.25, -0.2) is 13.1 Å². The Balaban J connectivity index is 2.19. The van der Waals surface area contributed by atoms with Crippen LogP contribution < -0.4 is 5.32 Å². The SMILES string of the molecule is CCN(CC)S(=O)(=O)c1ccc(C(=O)Nc2ccnn2C(C)C)cc1. The van der Waals surface area contributed by atoms with Crippen LogP contribution in [0.4, 0.5) is 5.82 Å². The second-order valence-corrected chi connectivity index (χ2v) is 7.76. The van der Waals surface area contributed by atoms with Crippen molar-refractivity contribution in [2.45, 2.75) is 38.6 Å².